The number of amides is 1. The number of ether oxygens (including phenoxy) is 2. The van der Waals surface area contributed by atoms with E-state index in [1.807, 2.05) is 5.38 Å². The van der Waals surface area contributed by atoms with Crippen molar-refractivity contribution in [3.05, 3.63) is 74.2 Å². The van der Waals surface area contributed by atoms with Crippen LogP contribution in [0.3, 0.4) is 0 Å². The normalized spacial score (nSPS) is 12.5. The number of anilines is 1. The predicted molar refractivity (Wildman–Crippen MR) is 108 cm³/mol. The number of carbonyl (C=O) groups excluding carboxylic acids is 1. The molecule has 0 atom stereocenters. The quantitative estimate of drug-likeness (QED) is 0.452. The van der Waals surface area contributed by atoms with Crippen molar-refractivity contribution in [2.75, 3.05) is 18.6 Å². The summed E-state index contributed by atoms with van der Waals surface area (Å²) in [7, 11) is 1.52. The minimum atomic E-state index is -0.431. The van der Waals surface area contributed by atoms with Crippen molar-refractivity contribution in [2.24, 2.45) is 0 Å². The summed E-state index contributed by atoms with van der Waals surface area (Å²) in [6, 6.07) is 9.60. The Morgan fingerprint density at radius 3 is 2.86 bits per heavy atom. The predicted octanol–water partition coefficient (Wildman–Crippen LogP) is 3.84. The molecule has 0 radical (unpaired) electrons. The summed E-state index contributed by atoms with van der Waals surface area (Å²) in [5.41, 5.74) is 4.53. The van der Waals surface area contributed by atoms with Crippen LogP contribution in [0.4, 0.5) is 11.4 Å². The number of non-ortho nitro benzene ring substituents is 1. The molecule has 1 aromatic heterocycles. The third kappa shape index (κ3) is 3.77. The lowest BCUT2D eigenvalue weighted by molar-refractivity contribution is -0.384. The van der Waals surface area contributed by atoms with Gasteiger partial charge in [0.15, 0.2) is 11.5 Å². The number of nitro groups is 1. The van der Waals surface area contributed by atoms with Crippen molar-refractivity contribution < 1.29 is 19.2 Å². The standard InChI is InChI=1S/C20H17N3O5S/c1-27-19-9-14(2-5-18(19)28-10-15-11-29-12-21-15)20(24)22-7-6-13-8-16(23(25)26)3-4-17(13)22/h2-5,8-9,11-12H,6-7,10H2,1H3. The van der Waals surface area contributed by atoms with Gasteiger partial charge in [0.1, 0.15) is 6.61 Å². The van der Waals surface area contributed by atoms with Gasteiger partial charge in [-0.15, -0.1) is 11.3 Å². The maximum absolute atomic E-state index is 13.0. The van der Waals surface area contributed by atoms with Gasteiger partial charge in [-0.3, -0.25) is 14.9 Å². The number of rotatable bonds is 6. The third-order valence-electron chi connectivity index (χ3n) is 4.68. The first-order valence-electron chi connectivity index (χ1n) is 8.84. The number of carbonyl (C=O) groups is 1. The second-order valence-corrected chi connectivity index (χ2v) is 7.13. The van der Waals surface area contributed by atoms with Crippen molar-refractivity contribution in [1.29, 1.82) is 0 Å². The Morgan fingerprint density at radius 2 is 2.14 bits per heavy atom. The Bertz CT molecular complexity index is 1070. The molecule has 0 spiro atoms. The van der Waals surface area contributed by atoms with Gasteiger partial charge in [-0.2, -0.15) is 0 Å². The van der Waals surface area contributed by atoms with Crippen molar-refractivity contribution in [3.8, 4) is 11.5 Å². The number of hydrogen-bond acceptors (Lipinski definition) is 7. The Kier molecular flexibility index (Phi) is 5.13. The van der Waals surface area contributed by atoms with Crippen LogP contribution in [-0.4, -0.2) is 29.5 Å². The average Bonchev–Trinajstić information content (AvgIpc) is 3.40. The molecule has 2 heterocycles. The average molecular weight is 411 g/mol. The third-order valence-corrected chi connectivity index (χ3v) is 5.32. The highest BCUT2D eigenvalue weighted by atomic mass is 32.1. The maximum atomic E-state index is 13.0. The summed E-state index contributed by atoms with van der Waals surface area (Å²) < 4.78 is 11.1. The van der Waals surface area contributed by atoms with E-state index in [9.17, 15) is 14.9 Å². The topological polar surface area (TPSA) is 94.8 Å². The molecule has 8 nitrogen and oxygen atoms in total. The number of thiazole rings is 1. The molecule has 29 heavy (non-hydrogen) atoms. The lowest BCUT2D eigenvalue weighted by atomic mass is 10.1. The van der Waals surface area contributed by atoms with Crippen molar-refractivity contribution in [1.82, 2.24) is 4.98 Å². The van der Waals surface area contributed by atoms with E-state index in [-0.39, 0.29) is 11.6 Å². The minimum absolute atomic E-state index is 0.0290. The van der Waals surface area contributed by atoms with Crippen molar-refractivity contribution >= 4 is 28.6 Å². The molecule has 3 aromatic rings. The summed E-state index contributed by atoms with van der Waals surface area (Å²) in [5.74, 6) is 0.783. The second kappa shape index (κ2) is 7.88. The number of hydrogen-bond donors (Lipinski definition) is 0. The van der Waals surface area contributed by atoms with Gasteiger partial charge in [-0.1, -0.05) is 0 Å². The molecule has 1 aliphatic heterocycles. The van der Waals surface area contributed by atoms with E-state index in [0.29, 0.717) is 42.3 Å². The van der Waals surface area contributed by atoms with Crippen LogP contribution in [0, 0.1) is 10.1 Å². The van der Waals surface area contributed by atoms with Gasteiger partial charge in [0.2, 0.25) is 0 Å². The molecule has 0 saturated heterocycles. The summed E-state index contributed by atoms with van der Waals surface area (Å²) in [6.07, 6.45) is 0.578. The Balaban J connectivity index is 1.54. The number of nitrogens with zero attached hydrogens (tertiary/aromatic N) is 3. The van der Waals surface area contributed by atoms with Gasteiger partial charge < -0.3 is 14.4 Å². The SMILES string of the molecule is COc1cc(C(=O)N2CCc3cc([N+](=O)[O-])ccc32)ccc1OCc1cscn1. The zero-order chi connectivity index (χ0) is 20.4. The zero-order valence-electron chi connectivity index (χ0n) is 15.5. The van der Waals surface area contributed by atoms with Crippen molar-refractivity contribution in [2.45, 2.75) is 13.0 Å². The van der Waals surface area contributed by atoms with Crippen molar-refractivity contribution in [3.63, 3.8) is 0 Å². The van der Waals surface area contributed by atoms with Crippen LogP contribution < -0.4 is 14.4 Å². The van der Waals surface area contributed by atoms with E-state index < -0.39 is 4.92 Å². The van der Waals surface area contributed by atoms with Crippen LogP contribution in [0.15, 0.2) is 47.3 Å². The van der Waals surface area contributed by atoms with Crippen LogP contribution in [0.2, 0.25) is 0 Å². The second-order valence-electron chi connectivity index (χ2n) is 6.41. The first kappa shape index (κ1) is 18.9. The van der Waals surface area contributed by atoms with E-state index in [1.165, 1.54) is 30.6 Å². The number of nitro benzene ring substituents is 1. The molecule has 2 aromatic carbocycles. The van der Waals surface area contributed by atoms with E-state index in [2.05, 4.69) is 4.98 Å². The lowest BCUT2D eigenvalue weighted by Gasteiger charge is -2.18. The molecule has 0 bridgehead atoms. The van der Waals surface area contributed by atoms with Gasteiger partial charge in [0, 0.05) is 35.3 Å². The Hall–Kier alpha value is -3.46. The molecule has 1 amide bonds. The minimum Gasteiger partial charge on any atom is -0.493 e. The number of methoxy groups -OCH3 is 1. The number of benzene rings is 2. The molecule has 0 unspecified atom stereocenters. The van der Waals surface area contributed by atoms with Crippen LogP contribution in [0.1, 0.15) is 21.6 Å². The van der Waals surface area contributed by atoms with Gasteiger partial charge in [-0.05, 0) is 36.2 Å². The van der Waals surface area contributed by atoms with E-state index >= 15 is 0 Å². The molecule has 0 N–H and O–H groups in total. The summed E-state index contributed by atoms with van der Waals surface area (Å²) in [5, 5.41) is 12.9. The smallest absolute Gasteiger partial charge is 0.269 e. The Morgan fingerprint density at radius 1 is 1.28 bits per heavy atom. The molecular weight excluding hydrogens is 394 g/mol. The number of aromatic nitrogens is 1. The fourth-order valence-corrected chi connectivity index (χ4v) is 3.79. The fraction of sp³-hybridized carbons (Fsp3) is 0.200. The summed E-state index contributed by atoms with van der Waals surface area (Å²) in [4.78, 5) is 29.4. The Labute approximate surface area is 170 Å². The number of fused-ring (bicyclic) bond motifs is 1. The molecule has 148 valence electrons. The van der Waals surface area contributed by atoms with E-state index in [4.69, 9.17) is 9.47 Å². The highest BCUT2D eigenvalue weighted by Crippen LogP contribution is 2.34. The monoisotopic (exact) mass is 411 g/mol. The molecule has 0 fully saturated rings. The summed E-state index contributed by atoms with van der Waals surface area (Å²) >= 11 is 1.49. The molecule has 9 heteroatoms. The molecule has 1 aliphatic rings. The lowest BCUT2D eigenvalue weighted by Crippen LogP contribution is -2.28. The largest absolute Gasteiger partial charge is 0.493 e. The molecule has 0 saturated carbocycles. The van der Waals surface area contributed by atoms with Crippen LogP contribution in [-0.2, 0) is 13.0 Å². The highest BCUT2D eigenvalue weighted by molar-refractivity contribution is 7.07. The van der Waals surface area contributed by atoms with E-state index in [0.717, 1.165) is 11.3 Å². The van der Waals surface area contributed by atoms with Gasteiger partial charge in [0.25, 0.3) is 11.6 Å². The zero-order valence-corrected chi connectivity index (χ0v) is 16.3. The fourth-order valence-electron chi connectivity index (χ4n) is 3.25. The molecule has 0 aliphatic carbocycles. The maximum Gasteiger partial charge on any atom is 0.269 e. The highest BCUT2D eigenvalue weighted by Gasteiger charge is 2.27. The van der Waals surface area contributed by atoms with Crippen LogP contribution in [0.5, 0.6) is 11.5 Å². The molecular formula is C20H17N3O5S. The van der Waals surface area contributed by atoms with Crippen LogP contribution in [0.25, 0.3) is 0 Å². The van der Waals surface area contributed by atoms with Gasteiger partial charge in [0.05, 0.1) is 23.2 Å². The molecule has 4 rings (SSSR count). The van der Waals surface area contributed by atoms with Gasteiger partial charge >= 0.3 is 0 Å². The van der Waals surface area contributed by atoms with Gasteiger partial charge in [-0.25, -0.2) is 4.98 Å². The first-order chi connectivity index (χ1) is 14.1. The summed E-state index contributed by atoms with van der Waals surface area (Å²) in [6.45, 7) is 0.783. The van der Waals surface area contributed by atoms with E-state index in [1.54, 1.807) is 34.7 Å². The first-order valence-corrected chi connectivity index (χ1v) is 9.78. The van der Waals surface area contributed by atoms with Crippen LogP contribution >= 0.6 is 11.3 Å².